The van der Waals surface area contributed by atoms with Crippen LogP contribution in [0.15, 0.2) is 53.5 Å². The minimum absolute atomic E-state index is 0.711. The first-order chi connectivity index (χ1) is 9.24. The molecule has 94 valence electrons. The largest absolute Gasteiger partial charge is 0.255 e. The van der Waals surface area contributed by atoms with Crippen molar-refractivity contribution in [2.75, 3.05) is 0 Å². The third-order valence-corrected chi connectivity index (χ3v) is 4.46. The first-order valence-corrected chi connectivity index (χ1v) is 7.21. The van der Waals surface area contributed by atoms with Crippen LogP contribution in [0.1, 0.15) is 10.4 Å². The summed E-state index contributed by atoms with van der Waals surface area (Å²) in [5.41, 5.74) is 2.16. The lowest BCUT2D eigenvalue weighted by atomic mass is 10.1. The van der Waals surface area contributed by atoms with Gasteiger partial charge in [-0.1, -0.05) is 35.9 Å². The first kappa shape index (κ1) is 12.4. The van der Waals surface area contributed by atoms with Crippen LogP contribution in [0.5, 0.6) is 0 Å². The average Bonchev–Trinajstić information content (AvgIpc) is 2.74. The van der Waals surface area contributed by atoms with E-state index < -0.39 is 0 Å². The molecule has 0 atom stereocenters. The predicted molar refractivity (Wildman–Crippen MR) is 85.3 cm³/mol. The Bertz CT molecular complexity index is 758. The quantitative estimate of drug-likeness (QED) is 0.542. The molecule has 2 aromatic carbocycles. The summed E-state index contributed by atoms with van der Waals surface area (Å²) in [5.74, 6) is 0. The molecule has 3 heteroatoms. The summed E-state index contributed by atoms with van der Waals surface area (Å²) in [5, 5.41) is 2.02. The summed E-state index contributed by atoms with van der Waals surface area (Å²) < 4.78 is 1.30. The zero-order valence-corrected chi connectivity index (χ0v) is 12.0. The summed E-state index contributed by atoms with van der Waals surface area (Å²) in [4.78, 5) is 5.69. The van der Waals surface area contributed by atoms with Crippen LogP contribution >= 0.6 is 22.9 Å². The van der Waals surface area contributed by atoms with E-state index in [1.807, 2.05) is 30.5 Å². The Morgan fingerprint density at radius 1 is 1.11 bits per heavy atom. The molecule has 0 spiro atoms. The van der Waals surface area contributed by atoms with Crippen molar-refractivity contribution in [2.24, 2.45) is 4.99 Å². The SMILES string of the molecule is Cc1c(C=Nc2cccc(Cl)c2)sc2ccccc12. The Hall–Kier alpha value is -1.64. The molecule has 0 bridgehead atoms. The maximum atomic E-state index is 5.95. The van der Waals surface area contributed by atoms with E-state index in [0.29, 0.717) is 5.02 Å². The van der Waals surface area contributed by atoms with Gasteiger partial charge in [-0.05, 0) is 42.1 Å². The highest BCUT2D eigenvalue weighted by molar-refractivity contribution is 7.20. The van der Waals surface area contributed by atoms with Gasteiger partial charge < -0.3 is 0 Å². The van der Waals surface area contributed by atoms with E-state index in [4.69, 9.17) is 11.6 Å². The minimum Gasteiger partial charge on any atom is -0.255 e. The summed E-state index contributed by atoms with van der Waals surface area (Å²) in [6.07, 6.45) is 1.92. The highest BCUT2D eigenvalue weighted by Gasteiger charge is 2.05. The van der Waals surface area contributed by atoms with Gasteiger partial charge in [0, 0.05) is 20.8 Å². The molecule has 0 aliphatic heterocycles. The van der Waals surface area contributed by atoms with Gasteiger partial charge in [-0.15, -0.1) is 11.3 Å². The van der Waals surface area contributed by atoms with E-state index >= 15 is 0 Å². The molecule has 0 aliphatic carbocycles. The van der Waals surface area contributed by atoms with Gasteiger partial charge in [-0.25, -0.2) is 0 Å². The molecule has 0 amide bonds. The van der Waals surface area contributed by atoms with E-state index in [0.717, 1.165) is 5.69 Å². The standard InChI is InChI=1S/C16H12ClNS/c1-11-14-7-2-3-8-15(14)19-16(11)10-18-13-6-4-5-12(17)9-13/h2-10H,1H3. The molecule has 0 aliphatic rings. The fourth-order valence-corrected chi connectivity index (χ4v) is 3.27. The number of aryl methyl sites for hydroxylation is 1. The van der Waals surface area contributed by atoms with Gasteiger partial charge >= 0.3 is 0 Å². The molecule has 1 aromatic heterocycles. The molecule has 0 fully saturated rings. The number of halogens is 1. The maximum absolute atomic E-state index is 5.95. The molecule has 3 aromatic rings. The second kappa shape index (κ2) is 5.16. The molecule has 1 nitrogen and oxygen atoms in total. The van der Waals surface area contributed by atoms with Crippen molar-refractivity contribution in [1.29, 1.82) is 0 Å². The van der Waals surface area contributed by atoms with Crippen molar-refractivity contribution in [3.63, 3.8) is 0 Å². The predicted octanol–water partition coefficient (Wildman–Crippen LogP) is 5.61. The monoisotopic (exact) mass is 285 g/mol. The van der Waals surface area contributed by atoms with Gasteiger partial charge in [0.25, 0.3) is 0 Å². The van der Waals surface area contributed by atoms with Crippen molar-refractivity contribution in [2.45, 2.75) is 6.92 Å². The van der Waals surface area contributed by atoms with E-state index in [-0.39, 0.29) is 0 Å². The van der Waals surface area contributed by atoms with Gasteiger partial charge in [-0.3, -0.25) is 4.99 Å². The van der Waals surface area contributed by atoms with Crippen LogP contribution in [0.3, 0.4) is 0 Å². The summed E-state index contributed by atoms with van der Waals surface area (Å²) in [6.45, 7) is 2.14. The Morgan fingerprint density at radius 3 is 2.74 bits per heavy atom. The average molecular weight is 286 g/mol. The van der Waals surface area contributed by atoms with E-state index in [2.05, 4.69) is 36.2 Å². The Balaban J connectivity index is 1.99. The van der Waals surface area contributed by atoms with Gasteiger partial charge in [0.15, 0.2) is 0 Å². The van der Waals surface area contributed by atoms with E-state index in [1.54, 1.807) is 11.3 Å². The number of hydrogen-bond acceptors (Lipinski definition) is 2. The molecule has 19 heavy (non-hydrogen) atoms. The normalized spacial score (nSPS) is 11.5. The molecule has 0 N–H and O–H groups in total. The summed E-state index contributed by atoms with van der Waals surface area (Å²) in [7, 11) is 0. The Labute approximate surface area is 121 Å². The van der Waals surface area contributed by atoms with Crippen molar-refractivity contribution in [1.82, 2.24) is 0 Å². The number of rotatable bonds is 2. The lowest BCUT2D eigenvalue weighted by Crippen LogP contribution is -1.78. The van der Waals surface area contributed by atoms with E-state index in [1.165, 1.54) is 20.5 Å². The smallest absolute Gasteiger partial charge is 0.0645 e. The van der Waals surface area contributed by atoms with Crippen molar-refractivity contribution in [3.8, 4) is 0 Å². The number of hydrogen-bond donors (Lipinski definition) is 0. The number of nitrogens with zero attached hydrogens (tertiary/aromatic N) is 1. The lowest BCUT2D eigenvalue weighted by molar-refractivity contribution is 1.52. The Morgan fingerprint density at radius 2 is 1.95 bits per heavy atom. The topological polar surface area (TPSA) is 12.4 Å². The van der Waals surface area contributed by atoms with Crippen LogP contribution < -0.4 is 0 Å². The molecule has 0 saturated heterocycles. The molecule has 0 unspecified atom stereocenters. The highest BCUT2D eigenvalue weighted by Crippen LogP contribution is 2.29. The van der Waals surface area contributed by atoms with Crippen LogP contribution in [0.2, 0.25) is 5.02 Å². The van der Waals surface area contributed by atoms with Crippen LogP contribution in [0.4, 0.5) is 5.69 Å². The molecular weight excluding hydrogens is 274 g/mol. The maximum Gasteiger partial charge on any atom is 0.0645 e. The number of benzene rings is 2. The van der Waals surface area contributed by atoms with Crippen LogP contribution in [0.25, 0.3) is 10.1 Å². The van der Waals surface area contributed by atoms with E-state index in [9.17, 15) is 0 Å². The minimum atomic E-state index is 0.711. The fraction of sp³-hybridized carbons (Fsp3) is 0.0625. The fourth-order valence-electron chi connectivity index (χ4n) is 2.01. The third-order valence-electron chi connectivity index (χ3n) is 3.02. The van der Waals surface area contributed by atoms with Crippen molar-refractivity contribution >= 4 is 44.9 Å². The molecule has 1 heterocycles. The van der Waals surface area contributed by atoms with Gasteiger partial charge in [0.1, 0.15) is 0 Å². The second-order valence-corrected chi connectivity index (χ2v) is 5.85. The second-order valence-electron chi connectivity index (χ2n) is 4.33. The molecule has 0 saturated carbocycles. The van der Waals surface area contributed by atoms with Gasteiger partial charge in [0.2, 0.25) is 0 Å². The van der Waals surface area contributed by atoms with Gasteiger partial charge in [0.05, 0.1) is 5.69 Å². The van der Waals surface area contributed by atoms with Crippen molar-refractivity contribution < 1.29 is 0 Å². The van der Waals surface area contributed by atoms with Crippen molar-refractivity contribution in [3.05, 3.63) is 64.0 Å². The molecular formula is C16H12ClNS. The number of thiophene rings is 1. The number of fused-ring (bicyclic) bond motifs is 1. The molecule has 3 rings (SSSR count). The lowest BCUT2D eigenvalue weighted by Gasteiger charge is -1.94. The molecule has 0 radical (unpaired) electrons. The third kappa shape index (κ3) is 2.55. The zero-order chi connectivity index (χ0) is 13.2. The van der Waals surface area contributed by atoms with Crippen LogP contribution in [-0.2, 0) is 0 Å². The highest BCUT2D eigenvalue weighted by atomic mass is 35.5. The summed E-state index contributed by atoms with van der Waals surface area (Å²) >= 11 is 7.72. The zero-order valence-electron chi connectivity index (χ0n) is 10.4. The van der Waals surface area contributed by atoms with Crippen LogP contribution in [0, 0.1) is 6.92 Å². The number of aliphatic imine (C=N–C) groups is 1. The van der Waals surface area contributed by atoms with Gasteiger partial charge in [-0.2, -0.15) is 0 Å². The Kier molecular flexibility index (Phi) is 3.36. The van der Waals surface area contributed by atoms with Crippen LogP contribution in [-0.4, -0.2) is 6.21 Å². The first-order valence-electron chi connectivity index (χ1n) is 6.02. The summed E-state index contributed by atoms with van der Waals surface area (Å²) in [6, 6.07) is 16.0.